The van der Waals surface area contributed by atoms with Gasteiger partial charge >= 0.3 is 0 Å². The van der Waals surface area contributed by atoms with Gasteiger partial charge in [0, 0.05) is 18.7 Å². The zero-order valence-electron chi connectivity index (χ0n) is 17.1. The molecule has 0 aliphatic rings. The average molecular weight is 437 g/mol. The summed E-state index contributed by atoms with van der Waals surface area (Å²) < 4.78 is 5.73. The molecule has 0 aliphatic carbocycles. The van der Waals surface area contributed by atoms with E-state index in [-0.39, 0.29) is 36.9 Å². The summed E-state index contributed by atoms with van der Waals surface area (Å²) in [6.45, 7) is 8.81. The van der Waals surface area contributed by atoms with Gasteiger partial charge in [0.2, 0.25) is 0 Å². The van der Waals surface area contributed by atoms with E-state index in [0.717, 1.165) is 11.1 Å². The predicted molar refractivity (Wildman–Crippen MR) is 117 cm³/mol. The smallest absolute Gasteiger partial charge is 0.258 e. The van der Waals surface area contributed by atoms with Gasteiger partial charge in [-0.1, -0.05) is 61.7 Å². The molecule has 0 atom stereocenters. The van der Waals surface area contributed by atoms with Gasteiger partial charge in [0.25, 0.3) is 11.8 Å². The lowest BCUT2D eigenvalue weighted by molar-refractivity contribution is -0.123. The average Bonchev–Trinajstić information content (AvgIpc) is 2.65. The molecule has 7 heteroatoms. The molecule has 2 aromatic rings. The van der Waals surface area contributed by atoms with Crippen LogP contribution < -0.4 is 15.4 Å². The molecule has 0 radical (unpaired) electrons. The number of rotatable bonds is 7. The summed E-state index contributed by atoms with van der Waals surface area (Å²) in [6.07, 6.45) is 0. The van der Waals surface area contributed by atoms with Gasteiger partial charge in [0.1, 0.15) is 5.75 Å². The van der Waals surface area contributed by atoms with Crippen LogP contribution in [0.3, 0.4) is 0 Å². The maximum absolute atomic E-state index is 12.1. The summed E-state index contributed by atoms with van der Waals surface area (Å²) in [5.74, 6) is 0.156. The Labute approximate surface area is 181 Å². The Hall–Kier alpha value is -2.24. The molecule has 0 unspecified atom stereocenters. The van der Waals surface area contributed by atoms with Crippen molar-refractivity contribution in [2.45, 2.75) is 33.1 Å². The summed E-state index contributed by atoms with van der Waals surface area (Å²) in [5.41, 5.74) is 2.51. The van der Waals surface area contributed by atoms with Gasteiger partial charge in [0.15, 0.2) is 6.61 Å². The second kappa shape index (κ2) is 9.99. The van der Waals surface area contributed by atoms with E-state index in [1.165, 1.54) is 6.07 Å². The number of carbonyl (C=O) groups excluding carboxylic acids is 2. The van der Waals surface area contributed by atoms with Crippen molar-refractivity contribution in [3.05, 3.63) is 63.1 Å². The third-order valence-electron chi connectivity index (χ3n) is 4.22. The lowest BCUT2D eigenvalue weighted by Crippen LogP contribution is -2.36. The summed E-state index contributed by atoms with van der Waals surface area (Å²) >= 11 is 11.8. The van der Waals surface area contributed by atoms with Crippen LogP contribution in [0, 0.1) is 6.92 Å². The first kappa shape index (κ1) is 23.0. The lowest BCUT2D eigenvalue weighted by atomic mass is 9.85. The highest BCUT2D eigenvalue weighted by molar-refractivity contribution is 6.42. The Kier molecular flexibility index (Phi) is 7.94. The van der Waals surface area contributed by atoms with Crippen LogP contribution in [0.4, 0.5) is 0 Å². The van der Waals surface area contributed by atoms with E-state index in [4.69, 9.17) is 27.9 Å². The zero-order chi connectivity index (χ0) is 21.6. The van der Waals surface area contributed by atoms with Crippen LogP contribution in [0.15, 0.2) is 36.4 Å². The molecule has 0 bridgehead atoms. The van der Waals surface area contributed by atoms with E-state index in [2.05, 4.69) is 37.5 Å². The number of aryl methyl sites for hydroxylation is 1. The minimum Gasteiger partial charge on any atom is -0.483 e. The molecular weight excluding hydrogens is 411 g/mol. The Morgan fingerprint density at radius 1 is 0.966 bits per heavy atom. The molecule has 2 amide bonds. The first-order valence-electron chi connectivity index (χ1n) is 9.32. The molecule has 0 spiro atoms. The van der Waals surface area contributed by atoms with Gasteiger partial charge in [-0.25, -0.2) is 0 Å². The maximum atomic E-state index is 12.1. The first-order chi connectivity index (χ1) is 13.6. The van der Waals surface area contributed by atoms with E-state index < -0.39 is 0 Å². The minimum absolute atomic E-state index is 0.0904. The largest absolute Gasteiger partial charge is 0.483 e. The maximum Gasteiger partial charge on any atom is 0.258 e. The Morgan fingerprint density at radius 2 is 1.66 bits per heavy atom. The lowest BCUT2D eigenvalue weighted by Gasteiger charge is -2.23. The van der Waals surface area contributed by atoms with Crippen molar-refractivity contribution in [3.8, 4) is 5.75 Å². The fraction of sp³-hybridized carbons (Fsp3) is 0.364. The fourth-order valence-corrected chi connectivity index (χ4v) is 2.97. The number of ether oxygens (including phenoxy) is 1. The number of amides is 2. The number of halogens is 2. The van der Waals surface area contributed by atoms with Gasteiger partial charge < -0.3 is 15.4 Å². The SMILES string of the molecule is Cc1ccc(OCC(=O)NCCNC(=O)c2ccc(Cl)c(Cl)c2)c(C(C)(C)C)c1. The predicted octanol–water partition coefficient (Wildman–Crippen LogP) is 4.52. The molecule has 0 aliphatic heterocycles. The fourth-order valence-electron chi connectivity index (χ4n) is 2.67. The Morgan fingerprint density at radius 3 is 2.31 bits per heavy atom. The molecule has 2 rings (SSSR count). The van der Waals surface area contributed by atoms with Crippen molar-refractivity contribution in [3.63, 3.8) is 0 Å². The van der Waals surface area contributed by atoms with Crippen molar-refractivity contribution < 1.29 is 14.3 Å². The quantitative estimate of drug-likeness (QED) is 0.626. The van der Waals surface area contributed by atoms with Crippen LogP contribution in [0.5, 0.6) is 5.75 Å². The third-order valence-corrected chi connectivity index (χ3v) is 4.96. The summed E-state index contributed by atoms with van der Waals surface area (Å²) in [6, 6.07) is 10.6. The second-order valence-corrected chi connectivity index (χ2v) is 8.59. The van der Waals surface area contributed by atoms with Gasteiger partial charge in [-0.15, -0.1) is 0 Å². The molecule has 0 saturated carbocycles. The monoisotopic (exact) mass is 436 g/mol. The molecule has 5 nitrogen and oxygen atoms in total. The third kappa shape index (κ3) is 6.94. The highest BCUT2D eigenvalue weighted by Gasteiger charge is 2.19. The molecule has 0 fully saturated rings. The molecule has 29 heavy (non-hydrogen) atoms. The van der Waals surface area contributed by atoms with Crippen LogP contribution in [-0.4, -0.2) is 31.5 Å². The van der Waals surface area contributed by atoms with E-state index in [9.17, 15) is 9.59 Å². The second-order valence-electron chi connectivity index (χ2n) is 7.77. The van der Waals surface area contributed by atoms with Gasteiger partial charge in [-0.3, -0.25) is 9.59 Å². The van der Waals surface area contributed by atoms with Gasteiger partial charge in [-0.2, -0.15) is 0 Å². The van der Waals surface area contributed by atoms with Crippen LogP contribution in [0.25, 0.3) is 0 Å². The zero-order valence-corrected chi connectivity index (χ0v) is 18.6. The van der Waals surface area contributed by atoms with Crippen molar-refractivity contribution in [1.82, 2.24) is 10.6 Å². The molecule has 0 saturated heterocycles. The first-order valence-corrected chi connectivity index (χ1v) is 10.1. The highest BCUT2D eigenvalue weighted by atomic mass is 35.5. The van der Waals surface area contributed by atoms with E-state index >= 15 is 0 Å². The van der Waals surface area contributed by atoms with E-state index in [0.29, 0.717) is 21.4 Å². The topological polar surface area (TPSA) is 67.4 Å². The van der Waals surface area contributed by atoms with E-state index in [1.807, 2.05) is 19.1 Å². The normalized spacial score (nSPS) is 11.1. The standard InChI is InChI=1S/C22H26Cl2N2O3/c1-14-5-8-19(16(11-14)22(2,3)4)29-13-20(27)25-9-10-26-21(28)15-6-7-17(23)18(24)12-15/h5-8,11-12H,9-10,13H2,1-4H3,(H,25,27)(H,26,28). The van der Waals surface area contributed by atoms with Crippen LogP contribution in [-0.2, 0) is 10.2 Å². The number of nitrogens with one attached hydrogen (secondary N) is 2. The summed E-state index contributed by atoms with van der Waals surface area (Å²) in [5, 5.41) is 6.14. The Balaban J connectivity index is 1.78. The molecule has 2 aromatic carbocycles. The van der Waals surface area contributed by atoms with Crippen molar-refractivity contribution in [2.24, 2.45) is 0 Å². The molecule has 0 aromatic heterocycles. The van der Waals surface area contributed by atoms with Gasteiger partial charge in [0.05, 0.1) is 10.0 Å². The molecule has 0 heterocycles. The highest BCUT2D eigenvalue weighted by Crippen LogP contribution is 2.32. The van der Waals surface area contributed by atoms with Gasteiger partial charge in [-0.05, 0) is 42.2 Å². The number of carbonyl (C=O) groups is 2. The van der Waals surface area contributed by atoms with Crippen LogP contribution >= 0.6 is 23.2 Å². The van der Waals surface area contributed by atoms with E-state index in [1.54, 1.807) is 12.1 Å². The van der Waals surface area contributed by atoms with Crippen molar-refractivity contribution >= 4 is 35.0 Å². The van der Waals surface area contributed by atoms with Crippen molar-refractivity contribution in [1.29, 1.82) is 0 Å². The van der Waals surface area contributed by atoms with Crippen LogP contribution in [0.2, 0.25) is 10.0 Å². The number of hydrogen-bond acceptors (Lipinski definition) is 3. The Bertz CT molecular complexity index is 892. The van der Waals surface area contributed by atoms with Crippen LogP contribution in [0.1, 0.15) is 42.3 Å². The molecule has 156 valence electrons. The number of benzene rings is 2. The molecule has 2 N–H and O–H groups in total. The minimum atomic E-state index is -0.288. The van der Waals surface area contributed by atoms with Crippen molar-refractivity contribution in [2.75, 3.05) is 19.7 Å². The summed E-state index contributed by atoms with van der Waals surface area (Å²) in [4.78, 5) is 24.1. The summed E-state index contributed by atoms with van der Waals surface area (Å²) in [7, 11) is 0. The number of hydrogen-bond donors (Lipinski definition) is 2. The molecular formula is C22H26Cl2N2O3.